The molecule has 0 saturated carbocycles. The quantitative estimate of drug-likeness (QED) is 0.387. The molecule has 0 aliphatic carbocycles. The Balaban J connectivity index is 1.43. The van der Waals surface area contributed by atoms with Gasteiger partial charge in [-0.15, -0.1) is 11.3 Å². The van der Waals surface area contributed by atoms with Crippen LogP contribution in [-0.2, 0) is 33.6 Å². The van der Waals surface area contributed by atoms with E-state index in [-0.39, 0.29) is 24.7 Å². The summed E-state index contributed by atoms with van der Waals surface area (Å²) >= 11 is 1.47. The van der Waals surface area contributed by atoms with Crippen LogP contribution in [0, 0.1) is 0 Å². The molecule has 0 bridgehead atoms. The normalized spacial score (nSPS) is 10.5. The molecule has 8 heteroatoms. The highest BCUT2D eigenvalue weighted by Crippen LogP contribution is 2.14. The molecule has 160 valence electrons. The van der Waals surface area contributed by atoms with Gasteiger partial charge in [-0.3, -0.25) is 19.4 Å². The van der Waals surface area contributed by atoms with Gasteiger partial charge in [0.15, 0.2) is 12.4 Å². The molecule has 0 spiro atoms. The maximum atomic E-state index is 12.3. The number of aromatic nitrogens is 2. The number of Topliss-reactive ketones (excluding diaryl/α,β-unsaturated/α-hetero) is 1. The summed E-state index contributed by atoms with van der Waals surface area (Å²) in [5, 5.41) is 5.42. The number of benzene rings is 1. The van der Waals surface area contributed by atoms with Gasteiger partial charge in [0.2, 0.25) is 5.91 Å². The van der Waals surface area contributed by atoms with Gasteiger partial charge in [0, 0.05) is 42.7 Å². The lowest BCUT2D eigenvalue weighted by Crippen LogP contribution is -2.22. The number of ether oxygens (including phenoxy) is 1. The number of amides is 1. The van der Waals surface area contributed by atoms with Gasteiger partial charge in [0.25, 0.3) is 0 Å². The molecular weight excluding hydrogens is 414 g/mol. The van der Waals surface area contributed by atoms with E-state index in [2.05, 4.69) is 15.3 Å². The number of hydrogen-bond donors (Lipinski definition) is 1. The lowest BCUT2D eigenvalue weighted by Gasteiger charge is -2.06. The number of carbonyl (C=O) groups excluding carboxylic acids is 3. The predicted octanol–water partition coefficient (Wildman–Crippen LogP) is 2.78. The van der Waals surface area contributed by atoms with Crippen LogP contribution < -0.4 is 5.32 Å². The first-order valence-corrected chi connectivity index (χ1v) is 10.7. The van der Waals surface area contributed by atoms with Crippen LogP contribution in [0.5, 0.6) is 0 Å². The Morgan fingerprint density at radius 1 is 1.06 bits per heavy atom. The maximum absolute atomic E-state index is 12.3. The summed E-state index contributed by atoms with van der Waals surface area (Å²) in [6, 6.07) is 12.8. The van der Waals surface area contributed by atoms with Gasteiger partial charge in [-0.05, 0) is 24.1 Å². The van der Waals surface area contributed by atoms with Crippen molar-refractivity contribution >= 4 is 29.0 Å². The molecule has 7 nitrogen and oxygen atoms in total. The average Bonchev–Trinajstić information content (AvgIpc) is 3.19. The number of ketones is 1. The Kier molecular flexibility index (Phi) is 8.00. The number of rotatable bonds is 10. The minimum atomic E-state index is -0.491. The Bertz CT molecular complexity index is 1030. The largest absolute Gasteiger partial charge is 0.457 e. The van der Waals surface area contributed by atoms with Crippen molar-refractivity contribution in [1.29, 1.82) is 0 Å². The molecule has 0 atom stereocenters. The number of nitrogens with one attached hydrogen (secondary N) is 1. The van der Waals surface area contributed by atoms with Gasteiger partial charge in [-0.1, -0.05) is 30.3 Å². The standard InChI is InChI=1S/C23H23N3O4S/c1-16(27)24-11-9-17-5-7-18(8-6-17)21(28)14-30-23(29)13-20-15-31-22(26-20)12-19-4-2-3-10-25-19/h2-8,10,15H,9,11-14H2,1H3,(H,24,27). The molecule has 0 unspecified atom stereocenters. The number of thiazole rings is 1. The van der Waals surface area contributed by atoms with Crippen molar-refractivity contribution in [2.24, 2.45) is 0 Å². The van der Waals surface area contributed by atoms with E-state index in [4.69, 9.17) is 4.74 Å². The summed E-state index contributed by atoms with van der Waals surface area (Å²) in [6.07, 6.45) is 3.05. The lowest BCUT2D eigenvalue weighted by atomic mass is 10.1. The van der Waals surface area contributed by atoms with E-state index >= 15 is 0 Å². The first kappa shape index (κ1) is 22.3. The molecule has 3 rings (SSSR count). The van der Waals surface area contributed by atoms with Crippen molar-refractivity contribution in [3.05, 3.63) is 81.6 Å². The van der Waals surface area contributed by atoms with Crippen LogP contribution in [-0.4, -0.2) is 40.8 Å². The molecule has 2 heterocycles. The Hall–Kier alpha value is -3.39. The minimum Gasteiger partial charge on any atom is -0.457 e. The van der Waals surface area contributed by atoms with Crippen LogP contribution in [0.4, 0.5) is 0 Å². The summed E-state index contributed by atoms with van der Waals surface area (Å²) in [6.45, 7) is 1.70. The van der Waals surface area contributed by atoms with Crippen LogP contribution >= 0.6 is 11.3 Å². The van der Waals surface area contributed by atoms with Gasteiger partial charge in [0.1, 0.15) is 0 Å². The molecule has 0 saturated heterocycles. The van der Waals surface area contributed by atoms with Crippen LogP contribution in [0.25, 0.3) is 0 Å². The molecule has 1 aromatic carbocycles. The fraction of sp³-hybridized carbons (Fsp3) is 0.261. The maximum Gasteiger partial charge on any atom is 0.312 e. The second-order valence-corrected chi connectivity index (χ2v) is 7.86. The van der Waals surface area contributed by atoms with E-state index in [1.54, 1.807) is 18.3 Å². The van der Waals surface area contributed by atoms with Crippen molar-refractivity contribution < 1.29 is 19.1 Å². The summed E-state index contributed by atoms with van der Waals surface area (Å²) < 4.78 is 5.13. The fourth-order valence-electron chi connectivity index (χ4n) is 2.84. The molecule has 1 amide bonds. The summed E-state index contributed by atoms with van der Waals surface area (Å²) in [4.78, 5) is 44.0. The summed E-state index contributed by atoms with van der Waals surface area (Å²) in [5.41, 5.74) is 3.02. The van der Waals surface area contributed by atoms with E-state index in [9.17, 15) is 14.4 Å². The third-order valence-corrected chi connectivity index (χ3v) is 5.31. The van der Waals surface area contributed by atoms with Crippen molar-refractivity contribution in [2.45, 2.75) is 26.2 Å². The molecule has 0 radical (unpaired) electrons. The molecule has 31 heavy (non-hydrogen) atoms. The van der Waals surface area contributed by atoms with E-state index < -0.39 is 5.97 Å². The SMILES string of the molecule is CC(=O)NCCc1ccc(C(=O)COC(=O)Cc2csc(Cc3ccccn3)n2)cc1. The van der Waals surface area contributed by atoms with Gasteiger partial charge >= 0.3 is 5.97 Å². The molecule has 0 fully saturated rings. The average molecular weight is 438 g/mol. The molecular formula is C23H23N3O4S. The van der Waals surface area contributed by atoms with E-state index in [1.807, 2.05) is 35.7 Å². The van der Waals surface area contributed by atoms with Crippen LogP contribution in [0.2, 0.25) is 0 Å². The van der Waals surface area contributed by atoms with Gasteiger partial charge in [0.05, 0.1) is 17.1 Å². The number of hydrogen-bond acceptors (Lipinski definition) is 7. The van der Waals surface area contributed by atoms with Crippen molar-refractivity contribution in [2.75, 3.05) is 13.2 Å². The second-order valence-electron chi connectivity index (χ2n) is 6.92. The van der Waals surface area contributed by atoms with Crippen molar-refractivity contribution in [3.8, 4) is 0 Å². The zero-order valence-electron chi connectivity index (χ0n) is 17.2. The molecule has 2 aromatic heterocycles. The van der Waals surface area contributed by atoms with Crippen molar-refractivity contribution in [1.82, 2.24) is 15.3 Å². The zero-order chi connectivity index (χ0) is 22.1. The lowest BCUT2D eigenvalue weighted by molar-refractivity contribution is -0.141. The number of carbonyl (C=O) groups is 3. The smallest absolute Gasteiger partial charge is 0.312 e. The highest BCUT2D eigenvalue weighted by atomic mass is 32.1. The van der Waals surface area contributed by atoms with Crippen LogP contribution in [0.15, 0.2) is 54.0 Å². The highest BCUT2D eigenvalue weighted by molar-refractivity contribution is 7.09. The van der Waals surface area contributed by atoms with Crippen molar-refractivity contribution in [3.63, 3.8) is 0 Å². The third kappa shape index (κ3) is 7.42. The van der Waals surface area contributed by atoms with Gasteiger partial charge in [-0.2, -0.15) is 0 Å². The fourth-order valence-corrected chi connectivity index (χ4v) is 3.65. The Labute approximate surface area is 184 Å². The van der Waals surface area contributed by atoms with Gasteiger partial charge < -0.3 is 10.1 Å². The monoisotopic (exact) mass is 437 g/mol. The topological polar surface area (TPSA) is 98.2 Å². The number of esters is 1. The van der Waals surface area contributed by atoms with Crippen LogP contribution in [0.3, 0.4) is 0 Å². The third-order valence-electron chi connectivity index (χ3n) is 4.41. The van der Waals surface area contributed by atoms with Crippen LogP contribution in [0.1, 0.15) is 39.2 Å². The molecule has 0 aliphatic heterocycles. The predicted molar refractivity (Wildman–Crippen MR) is 117 cm³/mol. The Morgan fingerprint density at radius 3 is 2.58 bits per heavy atom. The number of pyridine rings is 1. The van der Waals surface area contributed by atoms with E-state index in [0.717, 1.165) is 16.3 Å². The summed E-state index contributed by atoms with van der Waals surface area (Å²) in [5.74, 6) is -0.832. The number of nitrogens with zero attached hydrogens (tertiary/aromatic N) is 2. The second kappa shape index (κ2) is 11.1. The Morgan fingerprint density at radius 2 is 1.87 bits per heavy atom. The summed E-state index contributed by atoms with van der Waals surface area (Å²) in [7, 11) is 0. The van der Waals surface area contributed by atoms with E-state index in [0.29, 0.717) is 30.6 Å². The molecule has 3 aromatic rings. The van der Waals surface area contributed by atoms with E-state index in [1.165, 1.54) is 18.3 Å². The zero-order valence-corrected chi connectivity index (χ0v) is 18.0. The highest BCUT2D eigenvalue weighted by Gasteiger charge is 2.13. The van der Waals surface area contributed by atoms with Gasteiger partial charge in [-0.25, -0.2) is 4.98 Å². The first-order valence-electron chi connectivity index (χ1n) is 9.85. The molecule has 1 N–H and O–H groups in total. The molecule has 0 aliphatic rings. The minimum absolute atomic E-state index is 0.0219. The first-order chi connectivity index (χ1) is 15.0.